The van der Waals surface area contributed by atoms with Crippen LogP contribution in [0.5, 0.6) is 0 Å². The minimum atomic E-state index is 0.466. The van der Waals surface area contributed by atoms with Gasteiger partial charge in [0.2, 0.25) is 0 Å². The zero-order valence-electron chi connectivity index (χ0n) is 15.1. The summed E-state index contributed by atoms with van der Waals surface area (Å²) in [5.74, 6) is 0.466. The Kier molecular flexibility index (Phi) is 4.72. The van der Waals surface area contributed by atoms with Gasteiger partial charge < -0.3 is 0 Å². The first-order valence-corrected chi connectivity index (χ1v) is 9.05. The number of fused-ring (bicyclic) bond motifs is 1. The number of benzene rings is 1. The second-order valence-electron chi connectivity index (χ2n) is 8.16. The Balaban J connectivity index is 1.88. The van der Waals surface area contributed by atoms with E-state index in [1.807, 2.05) is 0 Å². The summed E-state index contributed by atoms with van der Waals surface area (Å²) in [6.07, 6.45) is 6.06. The molecule has 124 valence electrons. The highest BCUT2D eigenvalue weighted by Gasteiger charge is 2.23. The maximum atomic E-state index is 4.80. The van der Waals surface area contributed by atoms with Crippen LogP contribution in [0.25, 0.3) is 10.8 Å². The molecule has 0 radical (unpaired) electrons. The summed E-state index contributed by atoms with van der Waals surface area (Å²) in [5, 5.41) is 2.71. The van der Waals surface area contributed by atoms with E-state index in [0.717, 1.165) is 6.54 Å². The molecule has 1 fully saturated rings. The molecule has 0 spiro atoms. The van der Waals surface area contributed by atoms with Crippen LogP contribution in [-0.4, -0.2) is 23.0 Å². The SMILES string of the molecule is CC(C)c1ncc(CN2CCCC(C)(C)CC2)c2ccccc12. The molecule has 0 saturated carbocycles. The normalized spacial score (nSPS) is 19.2. The average molecular weight is 310 g/mol. The first kappa shape index (κ1) is 16.4. The third-order valence-electron chi connectivity index (χ3n) is 5.28. The molecular formula is C21H30N2. The lowest BCUT2D eigenvalue weighted by atomic mass is 9.85. The second-order valence-corrected chi connectivity index (χ2v) is 8.16. The van der Waals surface area contributed by atoms with Gasteiger partial charge in [0.15, 0.2) is 0 Å². The van der Waals surface area contributed by atoms with Crippen molar-refractivity contribution in [1.82, 2.24) is 9.88 Å². The molecule has 0 atom stereocenters. The van der Waals surface area contributed by atoms with Crippen molar-refractivity contribution in [2.45, 2.75) is 59.4 Å². The van der Waals surface area contributed by atoms with Crippen LogP contribution < -0.4 is 0 Å². The Labute approximate surface area is 140 Å². The molecule has 1 aromatic heterocycles. The molecule has 0 bridgehead atoms. The van der Waals surface area contributed by atoms with Crippen molar-refractivity contribution in [3.05, 3.63) is 41.7 Å². The van der Waals surface area contributed by atoms with Gasteiger partial charge in [-0.15, -0.1) is 0 Å². The Morgan fingerprint density at radius 3 is 2.57 bits per heavy atom. The molecule has 0 aliphatic carbocycles. The monoisotopic (exact) mass is 310 g/mol. The third kappa shape index (κ3) is 3.74. The van der Waals surface area contributed by atoms with Gasteiger partial charge in [0.1, 0.15) is 0 Å². The van der Waals surface area contributed by atoms with Crippen LogP contribution in [0.4, 0.5) is 0 Å². The van der Waals surface area contributed by atoms with Gasteiger partial charge in [-0.25, -0.2) is 0 Å². The number of hydrogen-bond donors (Lipinski definition) is 0. The number of rotatable bonds is 3. The van der Waals surface area contributed by atoms with E-state index in [2.05, 4.69) is 63.1 Å². The van der Waals surface area contributed by atoms with Crippen molar-refractivity contribution in [2.24, 2.45) is 5.41 Å². The molecule has 2 nitrogen and oxygen atoms in total. The predicted molar refractivity (Wildman–Crippen MR) is 98.7 cm³/mol. The summed E-state index contributed by atoms with van der Waals surface area (Å²) in [5.41, 5.74) is 3.10. The van der Waals surface area contributed by atoms with E-state index < -0.39 is 0 Å². The van der Waals surface area contributed by atoms with Gasteiger partial charge in [-0.05, 0) is 54.6 Å². The minimum Gasteiger partial charge on any atom is -0.299 e. The first-order chi connectivity index (χ1) is 11.0. The second kappa shape index (κ2) is 6.60. The van der Waals surface area contributed by atoms with Crippen molar-refractivity contribution < 1.29 is 0 Å². The van der Waals surface area contributed by atoms with E-state index >= 15 is 0 Å². The van der Waals surface area contributed by atoms with Gasteiger partial charge in [-0.2, -0.15) is 0 Å². The standard InChI is InChI=1S/C21H30N2/c1-16(2)20-19-9-6-5-8-18(19)17(14-22-20)15-23-12-7-10-21(3,4)11-13-23/h5-6,8-9,14,16H,7,10-13,15H2,1-4H3. The van der Waals surface area contributed by atoms with Crippen molar-refractivity contribution >= 4 is 10.8 Å². The van der Waals surface area contributed by atoms with Crippen LogP contribution in [0.15, 0.2) is 30.5 Å². The van der Waals surface area contributed by atoms with Crippen LogP contribution >= 0.6 is 0 Å². The third-order valence-corrected chi connectivity index (χ3v) is 5.28. The van der Waals surface area contributed by atoms with E-state index in [1.54, 1.807) is 0 Å². The van der Waals surface area contributed by atoms with Crippen LogP contribution in [-0.2, 0) is 6.54 Å². The highest BCUT2D eigenvalue weighted by molar-refractivity contribution is 5.87. The predicted octanol–water partition coefficient (Wildman–Crippen LogP) is 5.37. The van der Waals surface area contributed by atoms with E-state index in [4.69, 9.17) is 4.98 Å². The van der Waals surface area contributed by atoms with Gasteiger partial charge >= 0.3 is 0 Å². The van der Waals surface area contributed by atoms with Gasteiger partial charge in [0.25, 0.3) is 0 Å². The molecule has 0 unspecified atom stereocenters. The lowest BCUT2D eigenvalue weighted by Crippen LogP contribution is -2.25. The Morgan fingerprint density at radius 2 is 1.83 bits per heavy atom. The quantitative estimate of drug-likeness (QED) is 0.757. The molecule has 1 saturated heterocycles. The Bertz CT molecular complexity index is 673. The first-order valence-electron chi connectivity index (χ1n) is 9.05. The van der Waals surface area contributed by atoms with Crippen molar-refractivity contribution in [3.63, 3.8) is 0 Å². The molecule has 23 heavy (non-hydrogen) atoms. The number of nitrogens with zero attached hydrogens (tertiary/aromatic N) is 2. The summed E-state index contributed by atoms with van der Waals surface area (Å²) in [6, 6.07) is 8.78. The molecule has 2 heteroatoms. The highest BCUT2D eigenvalue weighted by atomic mass is 15.1. The molecule has 1 aliphatic heterocycles. The van der Waals surface area contributed by atoms with Gasteiger partial charge in [0.05, 0.1) is 5.69 Å². The van der Waals surface area contributed by atoms with Crippen molar-refractivity contribution in [3.8, 4) is 0 Å². The molecular weight excluding hydrogens is 280 g/mol. The molecule has 0 N–H and O–H groups in total. The van der Waals surface area contributed by atoms with E-state index in [9.17, 15) is 0 Å². The number of hydrogen-bond acceptors (Lipinski definition) is 2. The largest absolute Gasteiger partial charge is 0.299 e. The van der Waals surface area contributed by atoms with Gasteiger partial charge in [-0.3, -0.25) is 9.88 Å². The summed E-state index contributed by atoms with van der Waals surface area (Å²) < 4.78 is 0. The fourth-order valence-corrected chi connectivity index (χ4v) is 3.74. The number of aromatic nitrogens is 1. The molecule has 2 heterocycles. The molecule has 0 amide bonds. The van der Waals surface area contributed by atoms with Crippen LogP contribution in [0.1, 0.15) is 64.1 Å². The Hall–Kier alpha value is -1.41. The molecule has 1 aliphatic rings. The highest BCUT2D eigenvalue weighted by Crippen LogP contribution is 2.31. The van der Waals surface area contributed by atoms with Gasteiger partial charge in [0, 0.05) is 18.1 Å². The van der Waals surface area contributed by atoms with Crippen LogP contribution in [0.3, 0.4) is 0 Å². The number of pyridine rings is 1. The topological polar surface area (TPSA) is 16.1 Å². The van der Waals surface area contributed by atoms with E-state index in [0.29, 0.717) is 11.3 Å². The van der Waals surface area contributed by atoms with Crippen molar-refractivity contribution in [1.29, 1.82) is 0 Å². The summed E-state index contributed by atoms with van der Waals surface area (Å²) in [4.78, 5) is 7.42. The Morgan fingerprint density at radius 1 is 1.09 bits per heavy atom. The molecule has 1 aromatic carbocycles. The van der Waals surface area contributed by atoms with Gasteiger partial charge in [-0.1, -0.05) is 52.0 Å². The maximum absolute atomic E-state index is 4.80. The fraction of sp³-hybridized carbons (Fsp3) is 0.571. The molecule has 2 aromatic rings. The lowest BCUT2D eigenvalue weighted by Gasteiger charge is -2.24. The zero-order valence-corrected chi connectivity index (χ0v) is 15.1. The van der Waals surface area contributed by atoms with Crippen LogP contribution in [0.2, 0.25) is 0 Å². The zero-order chi connectivity index (χ0) is 16.4. The fourth-order valence-electron chi connectivity index (χ4n) is 3.74. The summed E-state index contributed by atoms with van der Waals surface area (Å²) in [7, 11) is 0. The lowest BCUT2D eigenvalue weighted by molar-refractivity contribution is 0.256. The van der Waals surface area contributed by atoms with Crippen LogP contribution in [0, 0.1) is 5.41 Å². The molecule has 3 rings (SSSR count). The number of likely N-dealkylation sites (tertiary alicyclic amines) is 1. The van der Waals surface area contributed by atoms with E-state index in [1.165, 1.54) is 54.4 Å². The maximum Gasteiger partial charge on any atom is 0.0507 e. The minimum absolute atomic E-state index is 0.466. The van der Waals surface area contributed by atoms with Crippen molar-refractivity contribution in [2.75, 3.05) is 13.1 Å². The summed E-state index contributed by atoms with van der Waals surface area (Å²) in [6.45, 7) is 12.7. The average Bonchev–Trinajstić information content (AvgIpc) is 2.68. The smallest absolute Gasteiger partial charge is 0.0507 e. The summed E-state index contributed by atoms with van der Waals surface area (Å²) >= 11 is 0. The van der Waals surface area contributed by atoms with E-state index in [-0.39, 0.29) is 0 Å².